The van der Waals surface area contributed by atoms with Crippen LogP contribution >= 0.6 is 7.92 Å². The Morgan fingerprint density at radius 1 is 1.00 bits per heavy atom. The first-order chi connectivity index (χ1) is 8.36. The van der Waals surface area contributed by atoms with Gasteiger partial charge in [-0.25, -0.2) is 0 Å². The molecule has 1 aromatic rings. The van der Waals surface area contributed by atoms with E-state index in [9.17, 15) is 0 Å². The van der Waals surface area contributed by atoms with Gasteiger partial charge in [0.05, 0.1) is 0 Å². The van der Waals surface area contributed by atoms with Crippen molar-refractivity contribution >= 4 is 13.2 Å². The molecule has 17 heavy (non-hydrogen) atoms. The third kappa shape index (κ3) is 2.99. The van der Waals surface area contributed by atoms with E-state index in [-0.39, 0.29) is 7.92 Å². The third-order valence-electron chi connectivity index (χ3n) is 3.48. The van der Waals surface area contributed by atoms with Crippen molar-refractivity contribution in [3.8, 4) is 0 Å². The zero-order chi connectivity index (χ0) is 12.1. The maximum Gasteiger partial charge on any atom is -0.0198 e. The van der Waals surface area contributed by atoms with Crippen LogP contribution < -0.4 is 5.30 Å². The molecule has 1 aliphatic heterocycles. The highest BCUT2D eigenvalue weighted by Gasteiger charge is 2.24. The Bertz CT molecular complexity index is 378. The van der Waals surface area contributed by atoms with Crippen molar-refractivity contribution in [2.75, 3.05) is 6.16 Å². The quantitative estimate of drug-likeness (QED) is 0.638. The Morgan fingerprint density at radius 3 is 2.35 bits per heavy atom. The lowest BCUT2D eigenvalue weighted by Crippen LogP contribution is -2.01. The van der Waals surface area contributed by atoms with Crippen molar-refractivity contribution in [3.05, 3.63) is 41.2 Å². The standard InChI is InChI=1S/C16H23P/c1-3-8-14-12-13-17(16(14)9-4-2)15-10-6-5-7-11-15/h5-7,10-11H,3-4,8-9,12-13H2,1-2H3. The molecule has 0 aromatic heterocycles. The summed E-state index contributed by atoms with van der Waals surface area (Å²) >= 11 is 0. The second-order valence-corrected chi connectivity index (χ2v) is 7.15. The van der Waals surface area contributed by atoms with Gasteiger partial charge in [-0.3, -0.25) is 0 Å². The maximum atomic E-state index is 2.33. The van der Waals surface area contributed by atoms with Crippen molar-refractivity contribution in [2.24, 2.45) is 0 Å². The summed E-state index contributed by atoms with van der Waals surface area (Å²) in [6, 6.07) is 11.2. The minimum absolute atomic E-state index is 0.0192. The summed E-state index contributed by atoms with van der Waals surface area (Å²) in [6.07, 6.45) is 8.04. The molecule has 1 heterocycles. The maximum absolute atomic E-state index is 2.33. The van der Waals surface area contributed by atoms with Gasteiger partial charge in [-0.15, -0.1) is 0 Å². The molecule has 2 rings (SSSR count). The van der Waals surface area contributed by atoms with Gasteiger partial charge in [0.2, 0.25) is 0 Å². The van der Waals surface area contributed by atoms with E-state index in [2.05, 4.69) is 44.2 Å². The van der Waals surface area contributed by atoms with Gasteiger partial charge >= 0.3 is 0 Å². The SMILES string of the molecule is CCCC1=C(CCC)P(c2ccccc2)CC1. The van der Waals surface area contributed by atoms with Gasteiger partial charge in [0, 0.05) is 0 Å². The number of hydrogen-bond donors (Lipinski definition) is 0. The highest BCUT2D eigenvalue weighted by atomic mass is 31.1. The molecule has 0 aliphatic carbocycles. The van der Waals surface area contributed by atoms with Gasteiger partial charge in [-0.1, -0.05) is 62.6 Å². The van der Waals surface area contributed by atoms with Crippen LogP contribution in [-0.2, 0) is 0 Å². The smallest absolute Gasteiger partial charge is 0.0198 e. The number of allylic oxidation sites excluding steroid dienone is 2. The van der Waals surface area contributed by atoms with Crippen LogP contribution in [0.25, 0.3) is 0 Å². The zero-order valence-electron chi connectivity index (χ0n) is 11.1. The van der Waals surface area contributed by atoms with Crippen molar-refractivity contribution in [2.45, 2.75) is 46.0 Å². The topological polar surface area (TPSA) is 0 Å². The first-order valence-corrected chi connectivity index (χ1v) is 8.43. The molecule has 92 valence electrons. The monoisotopic (exact) mass is 246 g/mol. The van der Waals surface area contributed by atoms with E-state index in [4.69, 9.17) is 0 Å². The predicted octanol–water partition coefficient (Wildman–Crippen LogP) is 5.05. The summed E-state index contributed by atoms with van der Waals surface area (Å²) in [6.45, 7) is 4.62. The van der Waals surface area contributed by atoms with E-state index in [0.717, 1.165) is 0 Å². The average molecular weight is 246 g/mol. The molecule has 0 bridgehead atoms. The minimum Gasteiger partial charge on any atom is -0.0659 e. The summed E-state index contributed by atoms with van der Waals surface area (Å²) in [5.74, 6) is 0. The molecule has 0 saturated carbocycles. The lowest BCUT2D eigenvalue weighted by atomic mass is 10.1. The Hall–Kier alpha value is -0.610. The molecule has 1 unspecified atom stereocenters. The summed E-state index contributed by atoms with van der Waals surface area (Å²) in [5, 5.41) is 3.42. The molecule has 0 saturated heterocycles. The summed E-state index contributed by atoms with van der Waals surface area (Å²) in [5.41, 5.74) is 1.80. The van der Waals surface area contributed by atoms with E-state index in [1.165, 1.54) is 38.3 Å². The zero-order valence-corrected chi connectivity index (χ0v) is 12.0. The highest BCUT2D eigenvalue weighted by Crippen LogP contribution is 2.54. The average Bonchev–Trinajstić information content (AvgIpc) is 2.75. The third-order valence-corrected chi connectivity index (χ3v) is 6.26. The van der Waals surface area contributed by atoms with Crippen LogP contribution in [0.3, 0.4) is 0 Å². The predicted molar refractivity (Wildman–Crippen MR) is 79.3 cm³/mol. The van der Waals surface area contributed by atoms with Gasteiger partial charge in [0.25, 0.3) is 0 Å². The Labute approximate surface area is 107 Å². The van der Waals surface area contributed by atoms with Gasteiger partial charge < -0.3 is 0 Å². The minimum atomic E-state index is 0.0192. The van der Waals surface area contributed by atoms with Crippen molar-refractivity contribution in [1.29, 1.82) is 0 Å². The molecule has 0 amide bonds. The van der Waals surface area contributed by atoms with Crippen LogP contribution in [0.15, 0.2) is 41.2 Å². The lowest BCUT2D eigenvalue weighted by Gasteiger charge is -2.16. The summed E-state index contributed by atoms with van der Waals surface area (Å²) < 4.78 is 0. The molecule has 1 heteroatoms. The van der Waals surface area contributed by atoms with E-state index >= 15 is 0 Å². The van der Waals surface area contributed by atoms with Gasteiger partial charge in [0.1, 0.15) is 0 Å². The fraction of sp³-hybridized carbons (Fsp3) is 0.500. The Morgan fingerprint density at radius 2 is 1.71 bits per heavy atom. The van der Waals surface area contributed by atoms with E-state index in [0.29, 0.717) is 0 Å². The normalized spacial score (nSPS) is 20.0. The molecule has 0 N–H and O–H groups in total. The van der Waals surface area contributed by atoms with Crippen LogP contribution in [0, 0.1) is 0 Å². The fourth-order valence-corrected chi connectivity index (χ4v) is 5.69. The molecule has 1 atom stereocenters. The lowest BCUT2D eigenvalue weighted by molar-refractivity contribution is 0.843. The van der Waals surface area contributed by atoms with Crippen molar-refractivity contribution < 1.29 is 0 Å². The molecular formula is C16H23P. The van der Waals surface area contributed by atoms with Gasteiger partial charge in [-0.2, -0.15) is 0 Å². The summed E-state index contributed by atoms with van der Waals surface area (Å²) in [7, 11) is 0.0192. The first kappa shape index (κ1) is 12.8. The van der Waals surface area contributed by atoms with Crippen LogP contribution in [0.2, 0.25) is 0 Å². The number of rotatable bonds is 5. The number of benzene rings is 1. The summed E-state index contributed by atoms with van der Waals surface area (Å²) in [4.78, 5) is 0. The largest absolute Gasteiger partial charge is 0.0659 e. The van der Waals surface area contributed by atoms with Crippen LogP contribution in [-0.4, -0.2) is 6.16 Å². The molecule has 1 aromatic carbocycles. The molecular weight excluding hydrogens is 223 g/mol. The fourth-order valence-electron chi connectivity index (χ4n) is 2.73. The second kappa shape index (κ2) is 6.36. The van der Waals surface area contributed by atoms with E-state index in [1.807, 2.05) is 5.31 Å². The van der Waals surface area contributed by atoms with Crippen LogP contribution in [0.1, 0.15) is 46.0 Å². The first-order valence-electron chi connectivity index (χ1n) is 6.90. The molecule has 0 nitrogen and oxygen atoms in total. The van der Waals surface area contributed by atoms with E-state index in [1.54, 1.807) is 10.9 Å². The van der Waals surface area contributed by atoms with Crippen LogP contribution in [0.5, 0.6) is 0 Å². The molecule has 1 aliphatic rings. The van der Waals surface area contributed by atoms with Crippen molar-refractivity contribution in [1.82, 2.24) is 0 Å². The molecule has 0 radical (unpaired) electrons. The second-order valence-electron chi connectivity index (χ2n) is 4.79. The van der Waals surface area contributed by atoms with E-state index < -0.39 is 0 Å². The van der Waals surface area contributed by atoms with Crippen LogP contribution in [0.4, 0.5) is 0 Å². The van der Waals surface area contributed by atoms with Gasteiger partial charge in [0.15, 0.2) is 0 Å². The van der Waals surface area contributed by atoms with Gasteiger partial charge in [-0.05, 0) is 44.0 Å². The Kier molecular flexibility index (Phi) is 4.80. The van der Waals surface area contributed by atoms with Crippen molar-refractivity contribution in [3.63, 3.8) is 0 Å². The molecule has 0 fully saturated rings. The number of hydrogen-bond acceptors (Lipinski definition) is 0. The molecule has 0 spiro atoms. The highest BCUT2D eigenvalue weighted by molar-refractivity contribution is 7.70. The Balaban J connectivity index is 2.24.